The highest BCUT2D eigenvalue weighted by Crippen LogP contribution is 2.59. The Morgan fingerprint density at radius 1 is 0.818 bits per heavy atom. The van der Waals surface area contributed by atoms with Crippen LogP contribution < -0.4 is 0 Å². The summed E-state index contributed by atoms with van der Waals surface area (Å²) in [7, 11) is 3.47. The van der Waals surface area contributed by atoms with E-state index in [1.165, 1.54) is 22.3 Å². The van der Waals surface area contributed by atoms with E-state index in [-0.39, 0.29) is 4.75 Å². The zero-order chi connectivity index (χ0) is 15.2. The average Bonchev–Trinajstić information content (AvgIpc) is 2.86. The molecular formula is C19H18O2S. The van der Waals surface area contributed by atoms with Crippen LogP contribution in [0.1, 0.15) is 17.5 Å². The van der Waals surface area contributed by atoms with Gasteiger partial charge in [0.25, 0.3) is 0 Å². The Balaban J connectivity index is 1.94. The fraction of sp³-hybridized carbons (Fsp3) is 0.263. The second-order valence-electron chi connectivity index (χ2n) is 5.64. The Morgan fingerprint density at radius 3 is 1.91 bits per heavy atom. The zero-order valence-electron chi connectivity index (χ0n) is 12.8. The lowest BCUT2D eigenvalue weighted by Crippen LogP contribution is -2.27. The molecule has 1 aliphatic carbocycles. The van der Waals surface area contributed by atoms with Crippen molar-refractivity contribution < 1.29 is 9.47 Å². The summed E-state index contributed by atoms with van der Waals surface area (Å²) in [6.45, 7) is 0. The molecule has 0 saturated carbocycles. The largest absolute Gasteiger partial charge is 0.497 e. The quantitative estimate of drug-likeness (QED) is 0.810. The van der Waals surface area contributed by atoms with E-state index >= 15 is 0 Å². The molecule has 2 aliphatic rings. The van der Waals surface area contributed by atoms with Crippen LogP contribution in [0.25, 0.3) is 11.1 Å². The van der Waals surface area contributed by atoms with Crippen LogP contribution in [-0.4, -0.2) is 20.0 Å². The van der Waals surface area contributed by atoms with Crippen molar-refractivity contribution in [1.29, 1.82) is 0 Å². The molecule has 3 heteroatoms. The number of ether oxygens (including phenoxy) is 2. The highest BCUT2D eigenvalue weighted by Gasteiger charge is 2.47. The lowest BCUT2D eigenvalue weighted by atomic mass is 9.90. The number of allylic oxidation sites excluding steroid dienone is 1. The maximum Gasteiger partial charge on any atom is 0.143 e. The van der Waals surface area contributed by atoms with Gasteiger partial charge in [0, 0.05) is 6.42 Å². The summed E-state index contributed by atoms with van der Waals surface area (Å²) in [4.78, 5) is 0. The van der Waals surface area contributed by atoms with Crippen LogP contribution in [-0.2, 0) is 14.2 Å². The third-order valence-electron chi connectivity index (χ3n) is 4.68. The Hall–Kier alpha value is -1.87. The minimum Gasteiger partial charge on any atom is -0.497 e. The van der Waals surface area contributed by atoms with Gasteiger partial charge in [0.2, 0.25) is 0 Å². The first-order valence-corrected chi connectivity index (χ1v) is 8.42. The number of hydrogen-bond acceptors (Lipinski definition) is 3. The fourth-order valence-corrected chi connectivity index (χ4v) is 5.19. The first kappa shape index (κ1) is 13.8. The lowest BCUT2D eigenvalue weighted by molar-refractivity contribution is 0.207. The second kappa shape index (κ2) is 5.10. The van der Waals surface area contributed by atoms with Gasteiger partial charge >= 0.3 is 0 Å². The van der Waals surface area contributed by atoms with Gasteiger partial charge in [-0.25, -0.2) is 0 Å². The Kier molecular flexibility index (Phi) is 3.19. The van der Waals surface area contributed by atoms with Crippen LogP contribution in [0.5, 0.6) is 0 Å². The Bertz CT molecular complexity index is 718. The minimum atomic E-state index is -0.0550. The van der Waals surface area contributed by atoms with E-state index in [0.29, 0.717) is 0 Å². The molecule has 0 amide bonds. The summed E-state index contributed by atoms with van der Waals surface area (Å²) >= 11 is 1.95. The van der Waals surface area contributed by atoms with Crippen LogP contribution in [0.2, 0.25) is 0 Å². The molecule has 0 N–H and O–H groups in total. The van der Waals surface area contributed by atoms with E-state index in [9.17, 15) is 0 Å². The number of hydrogen-bond donors (Lipinski definition) is 0. The van der Waals surface area contributed by atoms with E-state index in [1.54, 1.807) is 14.2 Å². The molecule has 0 saturated heterocycles. The molecule has 1 heterocycles. The van der Waals surface area contributed by atoms with Gasteiger partial charge in [0.05, 0.1) is 24.7 Å². The van der Waals surface area contributed by atoms with Crippen molar-refractivity contribution in [1.82, 2.24) is 0 Å². The summed E-state index contributed by atoms with van der Waals surface area (Å²) in [5.74, 6) is 2.76. The van der Waals surface area contributed by atoms with Gasteiger partial charge in [0.1, 0.15) is 11.5 Å². The number of methoxy groups -OCH3 is 2. The molecule has 2 aromatic carbocycles. The standard InChI is InChI=1S/C19H18O2S/c1-20-17-11-19(22-12-18(17)21-2)15-9-5-3-7-13(15)14-8-4-6-10-16(14)19/h3-10H,11-12H2,1-2H3. The van der Waals surface area contributed by atoms with Crippen LogP contribution in [0, 0.1) is 0 Å². The number of rotatable bonds is 2. The number of thioether (sulfide) groups is 1. The van der Waals surface area contributed by atoms with E-state index in [2.05, 4.69) is 48.5 Å². The summed E-state index contributed by atoms with van der Waals surface area (Å²) in [5.41, 5.74) is 5.49. The second-order valence-corrected chi connectivity index (χ2v) is 6.91. The summed E-state index contributed by atoms with van der Waals surface area (Å²) in [6, 6.07) is 17.5. The topological polar surface area (TPSA) is 18.5 Å². The monoisotopic (exact) mass is 310 g/mol. The highest BCUT2D eigenvalue weighted by molar-refractivity contribution is 8.00. The molecule has 1 spiro atoms. The van der Waals surface area contributed by atoms with Gasteiger partial charge in [-0.05, 0) is 22.3 Å². The van der Waals surface area contributed by atoms with E-state index < -0.39 is 0 Å². The zero-order valence-corrected chi connectivity index (χ0v) is 13.6. The fourth-order valence-electron chi connectivity index (χ4n) is 3.64. The van der Waals surface area contributed by atoms with Crippen LogP contribution >= 0.6 is 11.8 Å². The predicted octanol–water partition coefficient (Wildman–Crippen LogP) is 4.55. The molecule has 2 nitrogen and oxygen atoms in total. The van der Waals surface area contributed by atoms with Crippen LogP contribution in [0.4, 0.5) is 0 Å². The molecule has 0 unspecified atom stereocenters. The third-order valence-corrected chi connectivity index (χ3v) is 6.16. The van der Waals surface area contributed by atoms with Crippen molar-refractivity contribution in [2.24, 2.45) is 0 Å². The molecule has 4 rings (SSSR count). The number of fused-ring (bicyclic) bond motifs is 5. The molecule has 112 valence electrons. The molecule has 0 aromatic heterocycles. The summed E-state index contributed by atoms with van der Waals surface area (Å²) in [5, 5.41) is 0. The van der Waals surface area contributed by atoms with Crippen molar-refractivity contribution in [2.75, 3.05) is 20.0 Å². The normalized spacial score (nSPS) is 18.1. The van der Waals surface area contributed by atoms with Crippen molar-refractivity contribution in [3.63, 3.8) is 0 Å². The van der Waals surface area contributed by atoms with Gasteiger partial charge in [-0.2, -0.15) is 0 Å². The molecule has 0 atom stereocenters. The van der Waals surface area contributed by atoms with Gasteiger partial charge in [-0.3, -0.25) is 0 Å². The molecule has 0 radical (unpaired) electrons. The molecule has 2 aromatic rings. The van der Waals surface area contributed by atoms with E-state index in [0.717, 1.165) is 23.7 Å². The minimum absolute atomic E-state index is 0.0550. The maximum atomic E-state index is 5.65. The Morgan fingerprint density at radius 2 is 1.36 bits per heavy atom. The van der Waals surface area contributed by atoms with Gasteiger partial charge < -0.3 is 9.47 Å². The molecule has 1 aliphatic heterocycles. The van der Waals surface area contributed by atoms with Crippen LogP contribution in [0.15, 0.2) is 60.0 Å². The SMILES string of the molecule is COC1=C(OC)CC2(SC1)c1ccccc1-c1ccccc12. The van der Waals surface area contributed by atoms with Gasteiger partial charge in [0.15, 0.2) is 0 Å². The van der Waals surface area contributed by atoms with E-state index in [1.807, 2.05) is 11.8 Å². The van der Waals surface area contributed by atoms with Gasteiger partial charge in [-0.15, -0.1) is 11.8 Å². The molecule has 22 heavy (non-hydrogen) atoms. The smallest absolute Gasteiger partial charge is 0.143 e. The molecule has 0 fully saturated rings. The maximum absolute atomic E-state index is 5.65. The summed E-state index contributed by atoms with van der Waals surface area (Å²) in [6.07, 6.45) is 0.839. The molecular weight excluding hydrogens is 292 g/mol. The Labute approximate surface area is 135 Å². The van der Waals surface area contributed by atoms with Crippen molar-refractivity contribution in [3.05, 3.63) is 71.2 Å². The third kappa shape index (κ3) is 1.75. The van der Waals surface area contributed by atoms with Crippen molar-refractivity contribution in [3.8, 4) is 11.1 Å². The summed E-state index contributed by atoms with van der Waals surface area (Å²) < 4.78 is 11.1. The highest BCUT2D eigenvalue weighted by atomic mass is 32.2. The first-order chi connectivity index (χ1) is 10.8. The first-order valence-electron chi connectivity index (χ1n) is 7.43. The van der Waals surface area contributed by atoms with Gasteiger partial charge in [-0.1, -0.05) is 48.5 Å². The van der Waals surface area contributed by atoms with Crippen molar-refractivity contribution in [2.45, 2.75) is 11.2 Å². The van der Waals surface area contributed by atoms with E-state index in [4.69, 9.17) is 9.47 Å². The molecule has 0 bridgehead atoms. The van der Waals surface area contributed by atoms with Crippen LogP contribution in [0.3, 0.4) is 0 Å². The lowest BCUT2D eigenvalue weighted by Gasteiger charge is -2.36. The van der Waals surface area contributed by atoms with Crippen molar-refractivity contribution >= 4 is 11.8 Å². The number of benzene rings is 2. The average molecular weight is 310 g/mol. The predicted molar refractivity (Wildman–Crippen MR) is 90.8 cm³/mol.